The molecule has 0 saturated heterocycles. The van der Waals surface area contributed by atoms with Gasteiger partial charge >= 0.3 is 0 Å². The number of nitrogens with two attached hydrogens (primary N) is 1. The molecule has 2 aromatic carbocycles. The summed E-state index contributed by atoms with van der Waals surface area (Å²) >= 11 is 3.35. The SMILES string of the molecule is Nc1cc2c(cc1Br)-c1ccc(F)cc1C2O. The highest BCUT2D eigenvalue weighted by molar-refractivity contribution is 9.10. The van der Waals surface area contributed by atoms with Crippen molar-refractivity contribution in [3.8, 4) is 11.1 Å². The molecule has 0 fully saturated rings. The number of hydrogen-bond acceptors (Lipinski definition) is 2. The number of benzene rings is 2. The maximum absolute atomic E-state index is 13.2. The van der Waals surface area contributed by atoms with Gasteiger partial charge in [-0.25, -0.2) is 4.39 Å². The van der Waals surface area contributed by atoms with Gasteiger partial charge in [0.2, 0.25) is 0 Å². The Kier molecular flexibility index (Phi) is 2.24. The van der Waals surface area contributed by atoms with E-state index < -0.39 is 6.10 Å². The second kappa shape index (κ2) is 3.55. The summed E-state index contributed by atoms with van der Waals surface area (Å²) in [6, 6.07) is 8.02. The van der Waals surface area contributed by atoms with E-state index in [2.05, 4.69) is 15.9 Å². The van der Waals surface area contributed by atoms with Gasteiger partial charge in [0.05, 0.1) is 0 Å². The first-order valence-corrected chi connectivity index (χ1v) is 5.94. The van der Waals surface area contributed by atoms with E-state index in [4.69, 9.17) is 5.73 Å². The van der Waals surface area contributed by atoms with E-state index in [0.717, 1.165) is 21.2 Å². The molecule has 3 rings (SSSR count). The molecule has 17 heavy (non-hydrogen) atoms. The molecule has 2 nitrogen and oxygen atoms in total. The number of halogens is 2. The van der Waals surface area contributed by atoms with Crippen LogP contribution in [0.25, 0.3) is 11.1 Å². The fourth-order valence-corrected chi connectivity index (χ4v) is 2.58. The van der Waals surface area contributed by atoms with Crippen LogP contribution in [0.4, 0.5) is 10.1 Å². The topological polar surface area (TPSA) is 46.2 Å². The first-order chi connectivity index (χ1) is 8.08. The predicted molar refractivity (Wildman–Crippen MR) is 68.0 cm³/mol. The van der Waals surface area contributed by atoms with Crippen LogP contribution in [0.15, 0.2) is 34.8 Å². The molecule has 0 bridgehead atoms. The Labute approximate surface area is 106 Å². The van der Waals surface area contributed by atoms with Crippen molar-refractivity contribution in [3.05, 3.63) is 51.7 Å². The minimum atomic E-state index is -0.800. The average Bonchev–Trinajstić information content (AvgIpc) is 2.54. The molecule has 0 spiro atoms. The Morgan fingerprint density at radius 3 is 2.59 bits per heavy atom. The lowest BCUT2D eigenvalue weighted by Gasteiger charge is -2.07. The lowest BCUT2D eigenvalue weighted by Crippen LogP contribution is -1.96. The van der Waals surface area contributed by atoms with Gasteiger partial charge in [-0.1, -0.05) is 6.07 Å². The number of hydrogen-bond donors (Lipinski definition) is 2. The maximum Gasteiger partial charge on any atom is 0.123 e. The summed E-state index contributed by atoms with van der Waals surface area (Å²) in [5.74, 6) is -0.345. The van der Waals surface area contributed by atoms with Crippen LogP contribution >= 0.6 is 15.9 Å². The van der Waals surface area contributed by atoms with Gasteiger partial charge in [0.25, 0.3) is 0 Å². The van der Waals surface area contributed by atoms with Crippen LogP contribution in [0.2, 0.25) is 0 Å². The number of aliphatic hydroxyl groups is 1. The van der Waals surface area contributed by atoms with Gasteiger partial charge in [0.15, 0.2) is 0 Å². The molecule has 4 heteroatoms. The van der Waals surface area contributed by atoms with Crippen molar-refractivity contribution >= 4 is 21.6 Å². The zero-order valence-corrected chi connectivity index (χ0v) is 10.3. The summed E-state index contributed by atoms with van der Waals surface area (Å²) in [4.78, 5) is 0. The summed E-state index contributed by atoms with van der Waals surface area (Å²) in [6.45, 7) is 0. The van der Waals surface area contributed by atoms with E-state index >= 15 is 0 Å². The van der Waals surface area contributed by atoms with Crippen molar-refractivity contribution in [2.45, 2.75) is 6.10 Å². The number of nitrogen functional groups attached to an aromatic ring is 1. The number of anilines is 1. The Bertz CT molecular complexity index is 627. The number of rotatable bonds is 0. The summed E-state index contributed by atoms with van der Waals surface area (Å²) in [5, 5.41) is 10.1. The largest absolute Gasteiger partial charge is 0.398 e. The Morgan fingerprint density at radius 2 is 1.82 bits per heavy atom. The molecule has 1 atom stereocenters. The van der Waals surface area contributed by atoms with Crippen LogP contribution in [-0.4, -0.2) is 5.11 Å². The van der Waals surface area contributed by atoms with Gasteiger partial charge in [-0.3, -0.25) is 0 Å². The van der Waals surface area contributed by atoms with E-state index in [9.17, 15) is 9.50 Å². The van der Waals surface area contributed by atoms with Gasteiger partial charge in [-0.2, -0.15) is 0 Å². The second-order valence-electron chi connectivity index (χ2n) is 4.10. The molecule has 0 aromatic heterocycles. The molecule has 0 saturated carbocycles. The summed E-state index contributed by atoms with van der Waals surface area (Å²) in [5.41, 5.74) is 9.43. The monoisotopic (exact) mass is 293 g/mol. The third kappa shape index (κ3) is 1.48. The molecular formula is C13H9BrFNO. The van der Waals surface area contributed by atoms with Crippen LogP contribution < -0.4 is 5.73 Å². The number of fused-ring (bicyclic) bond motifs is 3. The van der Waals surface area contributed by atoms with Crippen molar-refractivity contribution in [2.75, 3.05) is 5.73 Å². The van der Waals surface area contributed by atoms with Crippen LogP contribution in [-0.2, 0) is 0 Å². The quantitative estimate of drug-likeness (QED) is 0.733. The molecule has 0 radical (unpaired) electrons. The van der Waals surface area contributed by atoms with Crippen LogP contribution in [0.5, 0.6) is 0 Å². The lowest BCUT2D eigenvalue weighted by atomic mass is 10.1. The van der Waals surface area contributed by atoms with Crippen LogP contribution in [0, 0.1) is 5.82 Å². The molecular weight excluding hydrogens is 285 g/mol. The standard InChI is InChI=1S/C13H9BrFNO/c14-11-4-8-7-2-1-6(15)3-9(7)13(17)10(8)5-12(11)16/h1-5,13,17H,16H2. The van der Waals surface area contributed by atoms with Gasteiger partial charge in [0, 0.05) is 10.2 Å². The van der Waals surface area contributed by atoms with Gasteiger partial charge in [0.1, 0.15) is 11.9 Å². The lowest BCUT2D eigenvalue weighted by molar-refractivity contribution is 0.225. The molecule has 0 heterocycles. The van der Waals surface area contributed by atoms with Crippen molar-refractivity contribution in [2.24, 2.45) is 0 Å². The molecule has 86 valence electrons. The summed E-state index contributed by atoms with van der Waals surface area (Å²) < 4.78 is 14.0. The Hall–Kier alpha value is -1.39. The van der Waals surface area contributed by atoms with Gasteiger partial charge < -0.3 is 10.8 Å². The van der Waals surface area contributed by atoms with E-state index in [0.29, 0.717) is 11.3 Å². The Morgan fingerprint density at radius 1 is 1.12 bits per heavy atom. The third-order valence-electron chi connectivity index (χ3n) is 3.06. The van der Waals surface area contributed by atoms with Crippen LogP contribution in [0.3, 0.4) is 0 Å². The van der Waals surface area contributed by atoms with Crippen molar-refractivity contribution in [1.82, 2.24) is 0 Å². The highest BCUT2D eigenvalue weighted by atomic mass is 79.9. The predicted octanol–water partition coefficient (Wildman–Crippen LogP) is 3.23. The van der Waals surface area contributed by atoms with Crippen molar-refractivity contribution < 1.29 is 9.50 Å². The zero-order valence-electron chi connectivity index (χ0n) is 8.74. The van der Waals surface area contributed by atoms with E-state index in [1.807, 2.05) is 6.07 Å². The maximum atomic E-state index is 13.2. The zero-order chi connectivity index (χ0) is 12.2. The fraction of sp³-hybridized carbons (Fsp3) is 0.0769. The molecule has 0 amide bonds. The Balaban J connectivity index is 2.31. The summed E-state index contributed by atoms with van der Waals surface area (Å²) in [6.07, 6.45) is -0.800. The number of aliphatic hydroxyl groups excluding tert-OH is 1. The van der Waals surface area contributed by atoms with Gasteiger partial charge in [-0.15, -0.1) is 0 Å². The molecule has 1 aliphatic carbocycles. The van der Waals surface area contributed by atoms with Crippen LogP contribution in [0.1, 0.15) is 17.2 Å². The van der Waals surface area contributed by atoms with Gasteiger partial charge in [-0.05, 0) is 62.4 Å². The molecule has 2 aromatic rings. The molecule has 3 N–H and O–H groups in total. The van der Waals surface area contributed by atoms with E-state index in [1.165, 1.54) is 12.1 Å². The first-order valence-electron chi connectivity index (χ1n) is 5.14. The van der Waals surface area contributed by atoms with Crippen molar-refractivity contribution in [3.63, 3.8) is 0 Å². The minimum absolute atomic E-state index is 0.345. The first kappa shape index (κ1) is 10.7. The minimum Gasteiger partial charge on any atom is -0.398 e. The highest BCUT2D eigenvalue weighted by Crippen LogP contribution is 2.45. The average molecular weight is 294 g/mol. The summed E-state index contributed by atoms with van der Waals surface area (Å²) in [7, 11) is 0. The molecule has 0 aliphatic heterocycles. The smallest absolute Gasteiger partial charge is 0.123 e. The highest BCUT2D eigenvalue weighted by Gasteiger charge is 2.28. The molecule has 1 aliphatic rings. The second-order valence-corrected chi connectivity index (χ2v) is 4.95. The van der Waals surface area contributed by atoms with E-state index in [-0.39, 0.29) is 5.82 Å². The third-order valence-corrected chi connectivity index (χ3v) is 3.75. The van der Waals surface area contributed by atoms with Crippen molar-refractivity contribution in [1.29, 1.82) is 0 Å². The molecule has 1 unspecified atom stereocenters. The normalized spacial score (nSPS) is 16.8. The van der Waals surface area contributed by atoms with E-state index in [1.54, 1.807) is 12.1 Å². The fourth-order valence-electron chi connectivity index (χ4n) is 2.24.